The Bertz CT molecular complexity index is 888. The molecule has 0 atom stereocenters. The van der Waals surface area contributed by atoms with Crippen molar-refractivity contribution in [3.8, 4) is 11.5 Å². The molecule has 0 aliphatic rings. The summed E-state index contributed by atoms with van der Waals surface area (Å²) in [5, 5.41) is 0. The van der Waals surface area contributed by atoms with E-state index in [2.05, 4.69) is 9.97 Å². The van der Waals surface area contributed by atoms with Gasteiger partial charge in [0.05, 0.1) is 32.7 Å². The molecule has 2 rings (SSSR count). The second kappa shape index (κ2) is 12.6. The third kappa shape index (κ3) is 7.19. The molecule has 9 heteroatoms. The second-order valence-corrected chi connectivity index (χ2v) is 7.33. The summed E-state index contributed by atoms with van der Waals surface area (Å²) in [5.41, 5.74) is 2.02. The minimum absolute atomic E-state index is 0.0457. The summed E-state index contributed by atoms with van der Waals surface area (Å²) < 4.78 is 15.7. The minimum Gasteiger partial charge on any atom is -0.493 e. The van der Waals surface area contributed by atoms with Gasteiger partial charge in [0.15, 0.2) is 11.5 Å². The summed E-state index contributed by atoms with van der Waals surface area (Å²) in [7, 11) is 6.52. The normalized spacial score (nSPS) is 10.5. The molecule has 0 saturated carbocycles. The van der Waals surface area contributed by atoms with E-state index >= 15 is 0 Å². The van der Waals surface area contributed by atoms with Crippen LogP contribution in [0.3, 0.4) is 0 Å². The van der Waals surface area contributed by atoms with Gasteiger partial charge in [-0.15, -0.1) is 0 Å². The Labute approximate surface area is 189 Å². The van der Waals surface area contributed by atoms with Gasteiger partial charge in [0.25, 0.3) is 5.91 Å². The van der Waals surface area contributed by atoms with Crippen molar-refractivity contribution in [2.75, 3.05) is 54.6 Å². The predicted octanol–water partition coefficient (Wildman–Crippen LogP) is 1.98. The molecule has 1 aromatic carbocycles. The lowest BCUT2D eigenvalue weighted by atomic mass is 10.1. The number of aryl methyl sites for hydroxylation is 1. The number of aromatic nitrogens is 2. The molecule has 0 spiro atoms. The van der Waals surface area contributed by atoms with Gasteiger partial charge in [0.1, 0.15) is 5.69 Å². The number of amides is 2. The highest BCUT2D eigenvalue weighted by atomic mass is 16.5. The molecule has 2 aromatic rings. The van der Waals surface area contributed by atoms with Crippen molar-refractivity contribution in [1.29, 1.82) is 0 Å². The van der Waals surface area contributed by atoms with E-state index in [-0.39, 0.29) is 30.5 Å². The Kier molecular flexibility index (Phi) is 9.87. The molecule has 2 amide bonds. The molecule has 0 saturated heterocycles. The number of rotatable bonds is 12. The Morgan fingerprint density at radius 2 is 1.72 bits per heavy atom. The van der Waals surface area contributed by atoms with Crippen molar-refractivity contribution in [3.63, 3.8) is 0 Å². The summed E-state index contributed by atoms with van der Waals surface area (Å²) in [6.45, 7) is 3.36. The standard InChI is InChI=1S/C23H32N4O5/c1-17-15-25-19(16-24-17)23(29)27(12-13-30-3)11-9-22(28)26(2)10-8-18-6-7-20(31-4)21(14-18)32-5/h6-7,14-16H,8-13H2,1-5H3. The molecule has 9 nitrogen and oxygen atoms in total. The van der Waals surface area contributed by atoms with E-state index in [1.807, 2.05) is 18.2 Å². The van der Waals surface area contributed by atoms with Crippen molar-refractivity contribution >= 4 is 11.8 Å². The smallest absolute Gasteiger partial charge is 0.274 e. The van der Waals surface area contributed by atoms with Crippen molar-refractivity contribution in [2.24, 2.45) is 0 Å². The van der Waals surface area contributed by atoms with Crippen LogP contribution in [0.5, 0.6) is 11.5 Å². The fourth-order valence-corrected chi connectivity index (χ4v) is 3.06. The highest BCUT2D eigenvalue weighted by Crippen LogP contribution is 2.27. The van der Waals surface area contributed by atoms with Crippen LogP contribution in [0, 0.1) is 6.92 Å². The van der Waals surface area contributed by atoms with Crippen LogP contribution in [0.4, 0.5) is 0 Å². The van der Waals surface area contributed by atoms with Crippen molar-refractivity contribution in [1.82, 2.24) is 19.8 Å². The van der Waals surface area contributed by atoms with E-state index < -0.39 is 0 Å². The predicted molar refractivity (Wildman–Crippen MR) is 120 cm³/mol. The fourth-order valence-electron chi connectivity index (χ4n) is 3.06. The molecule has 0 aliphatic heterocycles. The number of nitrogens with zero attached hydrogens (tertiary/aromatic N) is 4. The number of hydrogen-bond acceptors (Lipinski definition) is 7. The van der Waals surface area contributed by atoms with Crippen LogP contribution in [-0.4, -0.2) is 86.2 Å². The number of benzene rings is 1. The van der Waals surface area contributed by atoms with Crippen LogP contribution < -0.4 is 9.47 Å². The Hall–Kier alpha value is -3.20. The zero-order chi connectivity index (χ0) is 23.5. The maximum Gasteiger partial charge on any atom is 0.274 e. The number of carbonyl (C=O) groups excluding carboxylic acids is 2. The van der Waals surface area contributed by atoms with Gasteiger partial charge < -0.3 is 24.0 Å². The summed E-state index contributed by atoms with van der Waals surface area (Å²) in [6.07, 6.45) is 3.88. The van der Waals surface area contributed by atoms with Crippen LogP contribution in [0.25, 0.3) is 0 Å². The van der Waals surface area contributed by atoms with E-state index in [4.69, 9.17) is 14.2 Å². The SMILES string of the molecule is COCCN(CCC(=O)N(C)CCc1ccc(OC)c(OC)c1)C(=O)c1cnc(C)cn1. The van der Waals surface area contributed by atoms with Gasteiger partial charge in [-0.05, 0) is 31.0 Å². The van der Waals surface area contributed by atoms with E-state index in [0.717, 1.165) is 11.3 Å². The molecule has 0 aliphatic carbocycles. The molecule has 0 radical (unpaired) electrons. The second-order valence-electron chi connectivity index (χ2n) is 7.33. The average Bonchev–Trinajstić information content (AvgIpc) is 2.82. The quantitative estimate of drug-likeness (QED) is 0.494. The maximum absolute atomic E-state index is 12.8. The Morgan fingerprint density at radius 1 is 0.969 bits per heavy atom. The first-order valence-corrected chi connectivity index (χ1v) is 10.4. The number of hydrogen-bond donors (Lipinski definition) is 0. The summed E-state index contributed by atoms with van der Waals surface area (Å²) in [5.74, 6) is 1.01. The van der Waals surface area contributed by atoms with Crippen LogP contribution in [-0.2, 0) is 16.0 Å². The molecule has 1 heterocycles. The van der Waals surface area contributed by atoms with Gasteiger partial charge in [-0.25, -0.2) is 4.98 Å². The first kappa shape index (κ1) is 25.1. The van der Waals surface area contributed by atoms with Gasteiger partial charge in [0.2, 0.25) is 5.91 Å². The largest absolute Gasteiger partial charge is 0.493 e. The zero-order valence-electron chi connectivity index (χ0n) is 19.5. The number of methoxy groups -OCH3 is 3. The topological polar surface area (TPSA) is 94.1 Å². The Morgan fingerprint density at radius 3 is 2.34 bits per heavy atom. The van der Waals surface area contributed by atoms with Crippen molar-refractivity contribution in [2.45, 2.75) is 19.8 Å². The summed E-state index contributed by atoms with van der Waals surface area (Å²) in [6, 6.07) is 5.71. The third-order valence-electron chi connectivity index (χ3n) is 5.06. The lowest BCUT2D eigenvalue weighted by molar-refractivity contribution is -0.130. The molecule has 0 N–H and O–H groups in total. The van der Waals surface area contributed by atoms with E-state index in [1.165, 1.54) is 6.20 Å². The lowest BCUT2D eigenvalue weighted by Crippen LogP contribution is -2.38. The third-order valence-corrected chi connectivity index (χ3v) is 5.06. The summed E-state index contributed by atoms with van der Waals surface area (Å²) >= 11 is 0. The number of carbonyl (C=O) groups is 2. The highest BCUT2D eigenvalue weighted by Gasteiger charge is 2.19. The van der Waals surface area contributed by atoms with Crippen LogP contribution >= 0.6 is 0 Å². The Balaban J connectivity index is 1.92. The van der Waals surface area contributed by atoms with E-state index in [1.54, 1.807) is 51.3 Å². The number of ether oxygens (including phenoxy) is 3. The van der Waals surface area contributed by atoms with Gasteiger partial charge in [-0.3, -0.25) is 14.6 Å². The molecular weight excluding hydrogens is 412 g/mol. The molecule has 0 unspecified atom stereocenters. The monoisotopic (exact) mass is 444 g/mol. The molecule has 174 valence electrons. The van der Waals surface area contributed by atoms with Gasteiger partial charge in [-0.2, -0.15) is 0 Å². The van der Waals surface area contributed by atoms with E-state index in [9.17, 15) is 9.59 Å². The van der Waals surface area contributed by atoms with Crippen molar-refractivity contribution < 1.29 is 23.8 Å². The molecule has 1 aromatic heterocycles. The molecule has 0 fully saturated rings. The van der Waals surface area contributed by atoms with Gasteiger partial charge >= 0.3 is 0 Å². The summed E-state index contributed by atoms with van der Waals surface area (Å²) in [4.78, 5) is 37.0. The van der Waals surface area contributed by atoms with Crippen LogP contribution in [0.15, 0.2) is 30.6 Å². The average molecular weight is 445 g/mol. The molecule has 0 bridgehead atoms. The van der Waals surface area contributed by atoms with Gasteiger partial charge in [0, 0.05) is 46.4 Å². The molecule has 32 heavy (non-hydrogen) atoms. The minimum atomic E-state index is -0.268. The highest BCUT2D eigenvalue weighted by molar-refractivity contribution is 5.92. The fraction of sp³-hybridized carbons (Fsp3) is 0.478. The van der Waals surface area contributed by atoms with E-state index in [0.29, 0.717) is 37.6 Å². The molecular formula is C23H32N4O5. The van der Waals surface area contributed by atoms with Crippen molar-refractivity contribution in [3.05, 3.63) is 47.5 Å². The maximum atomic E-state index is 12.8. The van der Waals surface area contributed by atoms with Crippen LogP contribution in [0.1, 0.15) is 28.2 Å². The lowest BCUT2D eigenvalue weighted by Gasteiger charge is -2.23. The first-order valence-electron chi connectivity index (χ1n) is 10.4. The van der Waals surface area contributed by atoms with Crippen LogP contribution in [0.2, 0.25) is 0 Å². The first-order chi connectivity index (χ1) is 15.4. The number of likely N-dealkylation sites (N-methyl/N-ethyl adjacent to an activating group) is 1. The zero-order valence-corrected chi connectivity index (χ0v) is 19.5. The van der Waals surface area contributed by atoms with Gasteiger partial charge in [-0.1, -0.05) is 6.07 Å².